The van der Waals surface area contributed by atoms with Gasteiger partial charge < -0.3 is 10.4 Å². The average Bonchev–Trinajstić information content (AvgIpc) is 2.66. The summed E-state index contributed by atoms with van der Waals surface area (Å²) in [6.45, 7) is 4.75. The summed E-state index contributed by atoms with van der Waals surface area (Å²) in [5.74, 6) is -1.32. The van der Waals surface area contributed by atoms with Crippen molar-refractivity contribution in [3.05, 3.63) is 35.4 Å². The number of aliphatic hydroxyl groups excluding tert-OH is 1. The largest absolute Gasteiger partial charge is 0.387 e. The number of benzene rings is 1. The van der Waals surface area contributed by atoms with Crippen LogP contribution in [0.25, 0.3) is 0 Å². The van der Waals surface area contributed by atoms with E-state index < -0.39 is 17.7 Å². The van der Waals surface area contributed by atoms with Crippen molar-refractivity contribution in [2.75, 3.05) is 6.54 Å². The molecule has 1 aromatic rings. The first-order valence-corrected chi connectivity index (χ1v) is 6.74. The number of hydrogen-bond donors (Lipinski definition) is 2. The number of aliphatic hydroxyl groups is 1. The summed E-state index contributed by atoms with van der Waals surface area (Å²) in [6.07, 6.45) is 2.35. The molecule has 2 atom stereocenters. The van der Waals surface area contributed by atoms with E-state index in [9.17, 15) is 13.9 Å². The highest BCUT2D eigenvalue weighted by Gasteiger charge is 2.30. The van der Waals surface area contributed by atoms with Gasteiger partial charge in [0.05, 0.1) is 6.10 Å². The predicted octanol–water partition coefficient (Wildman–Crippen LogP) is 3.17. The van der Waals surface area contributed by atoms with Crippen LogP contribution in [0.1, 0.15) is 44.8 Å². The van der Waals surface area contributed by atoms with E-state index in [-0.39, 0.29) is 5.56 Å². The lowest BCUT2D eigenvalue weighted by Crippen LogP contribution is -2.31. The zero-order chi connectivity index (χ0) is 14.0. The molecule has 106 valence electrons. The fraction of sp³-hybridized carbons (Fsp3) is 0.600. The molecule has 0 heterocycles. The molecule has 0 amide bonds. The molecular formula is C15H21F2NO. The number of hydrogen-bond acceptors (Lipinski definition) is 2. The first-order chi connectivity index (χ1) is 8.87. The summed E-state index contributed by atoms with van der Waals surface area (Å²) in [5.41, 5.74) is 0.482. The maximum atomic E-state index is 13.5. The lowest BCUT2D eigenvalue weighted by Gasteiger charge is -2.19. The minimum atomic E-state index is -0.940. The molecule has 1 saturated carbocycles. The molecule has 1 aliphatic carbocycles. The van der Waals surface area contributed by atoms with Crippen molar-refractivity contribution in [2.45, 2.75) is 45.3 Å². The van der Waals surface area contributed by atoms with Crippen LogP contribution in [0.15, 0.2) is 18.2 Å². The van der Waals surface area contributed by atoms with Crippen molar-refractivity contribution in [1.29, 1.82) is 0 Å². The molecule has 0 bridgehead atoms. The van der Waals surface area contributed by atoms with E-state index in [1.54, 1.807) is 0 Å². The van der Waals surface area contributed by atoms with E-state index in [0.29, 0.717) is 18.0 Å². The Balaban J connectivity index is 1.89. The minimum absolute atomic E-state index is 0.145. The number of rotatable bonds is 4. The van der Waals surface area contributed by atoms with Gasteiger partial charge in [0.15, 0.2) is 0 Å². The highest BCUT2D eigenvalue weighted by molar-refractivity contribution is 5.21. The molecule has 0 spiro atoms. The molecule has 2 N–H and O–H groups in total. The molecule has 0 aromatic heterocycles. The van der Waals surface area contributed by atoms with Crippen LogP contribution in [-0.2, 0) is 0 Å². The van der Waals surface area contributed by atoms with Crippen LogP contribution in [0, 0.1) is 17.0 Å². The SMILES string of the molecule is CC1(C)CCC(NCC(O)c2ccc(F)cc2F)C1. The Kier molecular flexibility index (Phi) is 4.21. The van der Waals surface area contributed by atoms with Crippen LogP contribution in [0.2, 0.25) is 0 Å². The van der Waals surface area contributed by atoms with Gasteiger partial charge in [-0.25, -0.2) is 8.78 Å². The van der Waals surface area contributed by atoms with E-state index in [0.717, 1.165) is 25.3 Å². The van der Waals surface area contributed by atoms with Crippen LogP contribution < -0.4 is 5.32 Å². The third-order valence-electron chi connectivity index (χ3n) is 3.89. The monoisotopic (exact) mass is 269 g/mol. The zero-order valence-electron chi connectivity index (χ0n) is 11.4. The molecule has 2 unspecified atom stereocenters. The van der Waals surface area contributed by atoms with E-state index in [1.165, 1.54) is 12.1 Å². The fourth-order valence-corrected chi connectivity index (χ4v) is 2.77. The fourth-order valence-electron chi connectivity index (χ4n) is 2.77. The summed E-state index contributed by atoms with van der Waals surface area (Å²) >= 11 is 0. The van der Waals surface area contributed by atoms with E-state index in [4.69, 9.17) is 0 Å². The molecule has 4 heteroatoms. The second kappa shape index (κ2) is 5.55. The Bertz CT molecular complexity index is 448. The standard InChI is InChI=1S/C15H21F2NO/c1-15(2)6-5-11(8-15)18-9-14(19)12-4-3-10(16)7-13(12)17/h3-4,7,11,14,18-19H,5-6,8-9H2,1-2H3. The topological polar surface area (TPSA) is 32.3 Å². The Morgan fingerprint density at radius 3 is 2.74 bits per heavy atom. The Labute approximate surface area is 112 Å². The first kappa shape index (κ1) is 14.4. The molecular weight excluding hydrogens is 248 g/mol. The second-order valence-corrected chi connectivity index (χ2v) is 6.19. The van der Waals surface area contributed by atoms with Gasteiger partial charge in [0.1, 0.15) is 11.6 Å². The Morgan fingerprint density at radius 2 is 2.16 bits per heavy atom. The molecule has 2 nitrogen and oxygen atoms in total. The molecule has 0 saturated heterocycles. The highest BCUT2D eigenvalue weighted by Crippen LogP contribution is 2.37. The van der Waals surface area contributed by atoms with Crippen molar-refractivity contribution in [3.8, 4) is 0 Å². The van der Waals surface area contributed by atoms with Crippen LogP contribution in [0.4, 0.5) is 8.78 Å². The van der Waals surface area contributed by atoms with Crippen LogP contribution >= 0.6 is 0 Å². The molecule has 2 rings (SSSR count). The molecule has 0 radical (unpaired) electrons. The first-order valence-electron chi connectivity index (χ1n) is 6.74. The van der Waals surface area contributed by atoms with Crippen molar-refractivity contribution in [1.82, 2.24) is 5.32 Å². The Hall–Kier alpha value is -1.00. The molecule has 0 aliphatic heterocycles. The maximum absolute atomic E-state index is 13.5. The van der Waals surface area contributed by atoms with Crippen molar-refractivity contribution in [3.63, 3.8) is 0 Å². The zero-order valence-corrected chi connectivity index (χ0v) is 11.4. The van der Waals surface area contributed by atoms with Gasteiger partial charge in [0, 0.05) is 24.2 Å². The lowest BCUT2D eigenvalue weighted by atomic mass is 9.92. The van der Waals surface area contributed by atoms with Gasteiger partial charge >= 0.3 is 0 Å². The molecule has 1 fully saturated rings. The van der Waals surface area contributed by atoms with Crippen molar-refractivity contribution in [2.24, 2.45) is 5.41 Å². The van der Waals surface area contributed by atoms with Gasteiger partial charge in [-0.05, 0) is 30.7 Å². The van der Waals surface area contributed by atoms with Gasteiger partial charge in [0.25, 0.3) is 0 Å². The van der Waals surface area contributed by atoms with Gasteiger partial charge in [-0.15, -0.1) is 0 Å². The van der Waals surface area contributed by atoms with Crippen LogP contribution in [0.5, 0.6) is 0 Å². The summed E-state index contributed by atoms with van der Waals surface area (Å²) < 4.78 is 26.3. The van der Waals surface area contributed by atoms with Crippen molar-refractivity contribution < 1.29 is 13.9 Å². The quantitative estimate of drug-likeness (QED) is 0.880. The number of nitrogens with one attached hydrogen (secondary N) is 1. The van der Waals surface area contributed by atoms with Gasteiger partial charge in [-0.2, -0.15) is 0 Å². The summed E-state index contributed by atoms with van der Waals surface area (Å²) in [6, 6.07) is 3.64. The lowest BCUT2D eigenvalue weighted by molar-refractivity contribution is 0.164. The van der Waals surface area contributed by atoms with E-state index >= 15 is 0 Å². The smallest absolute Gasteiger partial charge is 0.131 e. The highest BCUT2D eigenvalue weighted by atomic mass is 19.1. The van der Waals surface area contributed by atoms with Gasteiger partial charge in [-0.1, -0.05) is 19.9 Å². The predicted molar refractivity (Wildman–Crippen MR) is 70.7 cm³/mol. The van der Waals surface area contributed by atoms with E-state index in [1.807, 2.05) is 0 Å². The summed E-state index contributed by atoms with van der Waals surface area (Å²) in [5, 5.41) is 13.2. The second-order valence-electron chi connectivity index (χ2n) is 6.19. The molecule has 1 aromatic carbocycles. The van der Waals surface area contributed by atoms with Gasteiger partial charge in [-0.3, -0.25) is 0 Å². The normalized spacial score (nSPS) is 23.5. The Morgan fingerprint density at radius 1 is 1.42 bits per heavy atom. The van der Waals surface area contributed by atoms with E-state index in [2.05, 4.69) is 19.2 Å². The van der Waals surface area contributed by atoms with Crippen molar-refractivity contribution >= 4 is 0 Å². The minimum Gasteiger partial charge on any atom is -0.387 e. The van der Waals surface area contributed by atoms with Gasteiger partial charge in [0.2, 0.25) is 0 Å². The summed E-state index contributed by atoms with van der Waals surface area (Å²) in [7, 11) is 0. The third-order valence-corrected chi connectivity index (χ3v) is 3.89. The number of halogens is 2. The van der Waals surface area contributed by atoms with Crippen LogP contribution in [0.3, 0.4) is 0 Å². The van der Waals surface area contributed by atoms with Crippen LogP contribution in [-0.4, -0.2) is 17.7 Å². The maximum Gasteiger partial charge on any atom is 0.131 e. The summed E-state index contributed by atoms with van der Waals surface area (Å²) in [4.78, 5) is 0. The molecule has 19 heavy (non-hydrogen) atoms. The third kappa shape index (κ3) is 3.74. The molecule has 1 aliphatic rings. The average molecular weight is 269 g/mol.